The minimum atomic E-state index is -1.18. The zero-order valence-electron chi connectivity index (χ0n) is 14.8. The Kier molecular flexibility index (Phi) is 5.13. The lowest BCUT2D eigenvalue weighted by Crippen LogP contribution is -2.63. The molecule has 4 N–H and O–H groups in total. The normalized spacial score (nSPS) is 19.6. The van der Waals surface area contributed by atoms with Gasteiger partial charge in [-0.1, -0.05) is 0 Å². The van der Waals surface area contributed by atoms with E-state index in [1.165, 1.54) is 0 Å². The standard InChI is InChI=1S/C18H24N4O4/c1-26-14-2-3-15-12(8-14)9-22(16(15)24)10-18(11-23,21-17(19)25)13-4-6-20-7-5-13/h2-3,8,11,13,20H,4-7,9-10H2,1H3,(H3,19,21,25). The number of nitrogens with zero attached hydrogens (tertiary/aromatic N) is 1. The summed E-state index contributed by atoms with van der Waals surface area (Å²) < 4.78 is 5.21. The van der Waals surface area contributed by atoms with E-state index in [1.54, 1.807) is 24.1 Å². The van der Waals surface area contributed by atoms with Crippen LogP contribution in [0.15, 0.2) is 18.2 Å². The van der Waals surface area contributed by atoms with Crippen LogP contribution in [0.2, 0.25) is 0 Å². The number of nitrogens with one attached hydrogen (secondary N) is 2. The number of ether oxygens (including phenoxy) is 1. The molecule has 0 spiro atoms. The molecule has 3 amide bonds. The lowest BCUT2D eigenvalue weighted by Gasteiger charge is -2.41. The van der Waals surface area contributed by atoms with Gasteiger partial charge in [-0.2, -0.15) is 0 Å². The molecule has 8 nitrogen and oxygen atoms in total. The van der Waals surface area contributed by atoms with E-state index in [1.807, 2.05) is 6.07 Å². The van der Waals surface area contributed by atoms with E-state index >= 15 is 0 Å². The second-order valence-electron chi connectivity index (χ2n) is 6.86. The number of carbonyl (C=O) groups excluding carboxylic acids is 3. The number of amides is 3. The van der Waals surface area contributed by atoms with Crippen LogP contribution < -0.4 is 21.1 Å². The van der Waals surface area contributed by atoms with Crippen molar-refractivity contribution in [2.24, 2.45) is 11.7 Å². The third kappa shape index (κ3) is 3.37. The number of benzene rings is 1. The van der Waals surface area contributed by atoms with Crippen LogP contribution in [0.1, 0.15) is 28.8 Å². The molecular formula is C18H24N4O4. The predicted octanol–water partition coefficient (Wildman–Crippen LogP) is 0.257. The number of methoxy groups -OCH3 is 1. The summed E-state index contributed by atoms with van der Waals surface area (Å²) >= 11 is 0. The van der Waals surface area contributed by atoms with Crippen molar-refractivity contribution in [3.8, 4) is 5.75 Å². The van der Waals surface area contributed by atoms with Crippen molar-refractivity contribution in [1.82, 2.24) is 15.5 Å². The first kappa shape index (κ1) is 18.2. The molecule has 140 valence electrons. The van der Waals surface area contributed by atoms with Gasteiger partial charge in [-0.05, 0) is 55.6 Å². The minimum Gasteiger partial charge on any atom is -0.497 e. The summed E-state index contributed by atoms with van der Waals surface area (Å²) in [6.07, 6.45) is 2.19. The molecule has 0 bridgehead atoms. The molecule has 0 radical (unpaired) electrons. The first-order chi connectivity index (χ1) is 12.5. The second kappa shape index (κ2) is 7.33. The molecule has 0 aromatic heterocycles. The minimum absolute atomic E-state index is 0.0835. The number of piperidine rings is 1. The molecule has 26 heavy (non-hydrogen) atoms. The Balaban J connectivity index is 1.86. The van der Waals surface area contributed by atoms with Crippen molar-refractivity contribution in [1.29, 1.82) is 0 Å². The Morgan fingerprint density at radius 3 is 2.81 bits per heavy atom. The number of carbonyl (C=O) groups is 3. The number of hydrogen-bond donors (Lipinski definition) is 3. The number of aldehydes is 1. The van der Waals surface area contributed by atoms with Gasteiger partial charge in [-0.3, -0.25) is 4.79 Å². The fraction of sp³-hybridized carbons (Fsp3) is 0.500. The van der Waals surface area contributed by atoms with Gasteiger partial charge in [0.25, 0.3) is 5.91 Å². The van der Waals surface area contributed by atoms with Crippen LogP contribution in [0.3, 0.4) is 0 Å². The van der Waals surface area contributed by atoms with E-state index in [2.05, 4.69) is 10.6 Å². The smallest absolute Gasteiger partial charge is 0.313 e. The van der Waals surface area contributed by atoms with E-state index < -0.39 is 11.6 Å². The topological polar surface area (TPSA) is 114 Å². The van der Waals surface area contributed by atoms with Crippen LogP contribution in [0.5, 0.6) is 5.75 Å². The van der Waals surface area contributed by atoms with Gasteiger partial charge < -0.3 is 30.8 Å². The largest absolute Gasteiger partial charge is 0.497 e. The number of fused-ring (bicyclic) bond motifs is 1. The van der Waals surface area contributed by atoms with Gasteiger partial charge in [0.05, 0.1) is 13.7 Å². The van der Waals surface area contributed by atoms with Gasteiger partial charge in [0.2, 0.25) is 0 Å². The van der Waals surface area contributed by atoms with Crippen LogP contribution >= 0.6 is 0 Å². The average Bonchev–Trinajstić information content (AvgIpc) is 2.96. The van der Waals surface area contributed by atoms with Gasteiger partial charge in [0.1, 0.15) is 17.6 Å². The number of nitrogens with two attached hydrogens (primary N) is 1. The zero-order valence-corrected chi connectivity index (χ0v) is 14.8. The van der Waals surface area contributed by atoms with Crippen LogP contribution in [0, 0.1) is 5.92 Å². The quantitative estimate of drug-likeness (QED) is 0.630. The maximum atomic E-state index is 12.8. The Morgan fingerprint density at radius 2 is 2.19 bits per heavy atom. The molecule has 8 heteroatoms. The van der Waals surface area contributed by atoms with Crippen molar-refractivity contribution in [3.63, 3.8) is 0 Å². The summed E-state index contributed by atoms with van der Waals surface area (Å²) in [5.74, 6) is 0.433. The van der Waals surface area contributed by atoms with Crippen molar-refractivity contribution in [3.05, 3.63) is 29.3 Å². The monoisotopic (exact) mass is 360 g/mol. The van der Waals surface area contributed by atoms with Gasteiger partial charge in [-0.25, -0.2) is 4.79 Å². The van der Waals surface area contributed by atoms with Gasteiger partial charge in [-0.15, -0.1) is 0 Å². The molecule has 2 aliphatic rings. The second-order valence-corrected chi connectivity index (χ2v) is 6.86. The molecule has 1 unspecified atom stereocenters. The molecule has 1 aromatic carbocycles. The highest BCUT2D eigenvalue weighted by atomic mass is 16.5. The molecule has 3 rings (SSSR count). The summed E-state index contributed by atoms with van der Waals surface area (Å²) in [5.41, 5.74) is 5.60. The number of urea groups is 1. The molecule has 0 saturated carbocycles. The summed E-state index contributed by atoms with van der Waals surface area (Å²) in [6, 6.07) is 4.52. The van der Waals surface area contributed by atoms with Crippen molar-refractivity contribution >= 4 is 18.2 Å². The third-order valence-electron chi connectivity index (χ3n) is 5.28. The highest BCUT2D eigenvalue weighted by Crippen LogP contribution is 2.31. The van der Waals surface area contributed by atoms with Crippen molar-refractivity contribution < 1.29 is 19.1 Å². The zero-order chi connectivity index (χ0) is 18.7. The molecule has 1 atom stereocenters. The summed E-state index contributed by atoms with van der Waals surface area (Å²) in [7, 11) is 1.57. The maximum Gasteiger partial charge on any atom is 0.313 e. The Hall–Kier alpha value is -2.61. The average molecular weight is 360 g/mol. The lowest BCUT2D eigenvalue weighted by molar-refractivity contribution is -0.116. The van der Waals surface area contributed by atoms with Crippen molar-refractivity contribution in [2.45, 2.75) is 24.9 Å². The maximum absolute atomic E-state index is 12.8. The van der Waals surface area contributed by atoms with Gasteiger partial charge in [0, 0.05) is 12.1 Å². The van der Waals surface area contributed by atoms with E-state index in [9.17, 15) is 14.4 Å². The summed E-state index contributed by atoms with van der Waals surface area (Å²) in [4.78, 5) is 38.0. The molecular weight excluding hydrogens is 336 g/mol. The predicted molar refractivity (Wildman–Crippen MR) is 94.8 cm³/mol. The fourth-order valence-electron chi connectivity index (χ4n) is 3.93. The Morgan fingerprint density at radius 1 is 1.46 bits per heavy atom. The molecule has 1 fully saturated rings. The number of rotatable bonds is 6. The first-order valence-electron chi connectivity index (χ1n) is 8.70. The molecule has 1 aromatic rings. The third-order valence-corrected chi connectivity index (χ3v) is 5.28. The van der Waals surface area contributed by atoms with E-state index in [-0.39, 0.29) is 18.4 Å². The van der Waals surface area contributed by atoms with E-state index in [4.69, 9.17) is 10.5 Å². The molecule has 0 aliphatic carbocycles. The number of hydrogen-bond acceptors (Lipinski definition) is 5. The van der Waals surface area contributed by atoms with Crippen LogP contribution in [0.4, 0.5) is 4.79 Å². The summed E-state index contributed by atoms with van der Waals surface area (Å²) in [6.45, 7) is 1.98. The van der Waals surface area contributed by atoms with Crippen LogP contribution in [0.25, 0.3) is 0 Å². The van der Waals surface area contributed by atoms with E-state index in [0.29, 0.717) is 17.9 Å². The SMILES string of the molecule is COc1ccc2c(c1)CN(CC(C=O)(NC(N)=O)C1CCNCC1)C2=O. The van der Waals surface area contributed by atoms with Crippen LogP contribution in [-0.2, 0) is 11.3 Å². The molecule has 2 aliphatic heterocycles. The van der Waals surface area contributed by atoms with Crippen LogP contribution in [-0.4, -0.2) is 55.4 Å². The Labute approximate surface area is 152 Å². The fourth-order valence-corrected chi connectivity index (χ4v) is 3.93. The first-order valence-corrected chi connectivity index (χ1v) is 8.70. The number of primary amides is 1. The highest BCUT2D eigenvalue weighted by Gasteiger charge is 2.44. The highest BCUT2D eigenvalue weighted by molar-refractivity contribution is 5.99. The molecule has 1 saturated heterocycles. The van der Waals surface area contributed by atoms with Crippen molar-refractivity contribution in [2.75, 3.05) is 26.7 Å². The van der Waals surface area contributed by atoms with Gasteiger partial charge in [0.15, 0.2) is 0 Å². The van der Waals surface area contributed by atoms with Gasteiger partial charge >= 0.3 is 6.03 Å². The Bertz CT molecular complexity index is 717. The van der Waals surface area contributed by atoms with E-state index in [0.717, 1.165) is 37.8 Å². The molecule has 2 heterocycles. The lowest BCUT2D eigenvalue weighted by atomic mass is 9.78. The summed E-state index contributed by atoms with van der Waals surface area (Å²) in [5, 5.41) is 5.87.